The van der Waals surface area contributed by atoms with Crippen LogP contribution in [0.5, 0.6) is 0 Å². The number of benzene rings is 1. The summed E-state index contributed by atoms with van der Waals surface area (Å²) in [6, 6.07) is 10.8. The minimum absolute atomic E-state index is 0.208. The van der Waals surface area contributed by atoms with Crippen molar-refractivity contribution in [2.24, 2.45) is 0 Å². The Hall–Kier alpha value is -2.76. The van der Waals surface area contributed by atoms with E-state index in [9.17, 15) is 0 Å². The number of hydrogen-bond acceptors (Lipinski definition) is 5. The first kappa shape index (κ1) is 16.4. The second-order valence-corrected chi connectivity index (χ2v) is 7.13. The van der Waals surface area contributed by atoms with Gasteiger partial charge in [-0.1, -0.05) is 54.6 Å². The van der Waals surface area contributed by atoms with Crippen molar-refractivity contribution in [1.82, 2.24) is 15.3 Å². The van der Waals surface area contributed by atoms with Gasteiger partial charge in [0.1, 0.15) is 5.82 Å². The number of nitrogens with one attached hydrogen (secondary N) is 2. The summed E-state index contributed by atoms with van der Waals surface area (Å²) in [5, 5.41) is 7.11. The molecule has 27 heavy (non-hydrogen) atoms. The minimum Gasteiger partial charge on any atom is -0.370 e. The molecule has 0 saturated heterocycles. The first-order chi connectivity index (χ1) is 13.3. The van der Waals surface area contributed by atoms with Gasteiger partial charge >= 0.3 is 0 Å². The highest BCUT2D eigenvalue weighted by Gasteiger charge is 2.32. The fraction of sp³-hybridized carbons (Fsp3) is 0.273. The molecule has 0 spiro atoms. The first-order valence-corrected chi connectivity index (χ1v) is 9.40. The van der Waals surface area contributed by atoms with Crippen molar-refractivity contribution in [2.75, 3.05) is 5.32 Å². The third-order valence-electron chi connectivity index (χ3n) is 5.32. The van der Waals surface area contributed by atoms with Crippen molar-refractivity contribution < 1.29 is 4.74 Å². The number of anilines is 1. The molecule has 5 heteroatoms. The number of allylic oxidation sites excluding steroid dienone is 2. The molecule has 1 aliphatic carbocycles. The van der Waals surface area contributed by atoms with E-state index in [2.05, 4.69) is 66.1 Å². The largest absolute Gasteiger partial charge is 0.370 e. The van der Waals surface area contributed by atoms with Crippen molar-refractivity contribution in [3.05, 3.63) is 82.9 Å². The van der Waals surface area contributed by atoms with Gasteiger partial charge in [-0.05, 0) is 18.1 Å². The van der Waals surface area contributed by atoms with E-state index in [-0.39, 0.29) is 12.1 Å². The molecule has 0 amide bonds. The van der Waals surface area contributed by atoms with Crippen molar-refractivity contribution in [2.45, 2.75) is 38.8 Å². The zero-order valence-electron chi connectivity index (χ0n) is 15.3. The predicted octanol–water partition coefficient (Wildman–Crippen LogP) is 3.36. The van der Waals surface area contributed by atoms with Crippen molar-refractivity contribution >= 4 is 11.4 Å². The number of hydrogen-bond donors (Lipinski definition) is 2. The molecule has 2 N–H and O–H groups in total. The second kappa shape index (κ2) is 6.76. The maximum atomic E-state index is 5.66. The molecule has 5 rings (SSSR count). The number of aromatic nitrogens is 2. The van der Waals surface area contributed by atoms with Gasteiger partial charge in [0.05, 0.1) is 24.9 Å². The van der Waals surface area contributed by atoms with Gasteiger partial charge in [0.2, 0.25) is 0 Å². The zero-order valence-corrected chi connectivity index (χ0v) is 15.3. The molecular weight excluding hydrogens is 336 g/mol. The summed E-state index contributed by atoms with van der Waals surface area (Å²) in [4.78, 5) is 9.79. The fourth-order valence-electron chi connectivity index (χ4n) is 3.97. The van der Waals surface area contributed by atoms with Gasteiger partial charge < -0.3 is 10.1 Å². The Morgan fingerprint density at radius 3 is 2.93 bits per heavy atom. The molecule has 1 aromatic carbocycles. The molecule has 2 aliphatic heterocycles. The molecule has 5 nitrogen and oxygen atoms in total. The average Bonchev–Trinajstić information content (AvgIpc) is 3.30. The van der Waals surface area contributed by atoms with Crippen LogP contribution in [0.25, 0.3) is 5.57 Å². The Morgan fingerprint density at radius 2 is 2.04 bits per heavy atom. The quantitative estimate of drug-likeness (QED) is 0.878. The molecule has 2 unspecified atom stereocenters. The third kappa shape index (κ3) is 2.99. The topological polar surface area (TPSA) is 59.1 Å². The molecule has 136 valence electrons. The minimum atomic E-state index is 0.208. The predicted molar refractivity (Wildman–Crippen MR) is 106 cm³/mol. The van der Waals surface area contributed by atoms with E-state index in [4.69, 9.17) is 14.7 Å². The summed E-state index contributed by atoms with van der Waals surface area (Å²) >= 11 is 0. The number of nitrogens with zero attached hydrogens (tertiary/aromatic N) is 2. The first-order valence-electron chi connectivity index (χ1n) is 9.40. The van der Waals surface area contributed by atoms with E-state index in [0.29, 0.717) is 13.2 Å². The SMILES string of the molecule is CC1NC2C=CC=CC2=C1c1nc2c(c(NCc3ccccc3)n1)COC2. The molecule has 3 heterocycles. The van der Waals surface area contributed by atoms with Crippen molar-refractivity contribution in [1.29, 1.82) is 0 Å². The van der Waals surface area contributed by atoms with Crippen LogP contribution in [-0.4, -0.2) is 22.1 Å². The van der Waals surface area contributed by atoms with E-state index in [0.717, 1.165) is 29.4 Å². The van der Waals surface area contributed by atoms with Gasteiger partial charge in [-0.2, -0.15) is 0 Å². The summed E-state index contributed by atoms with van der Waals surface area (Å²) in [6.07, 6.45) is 8.52. The van der Waals surface area contributed by atoms with Crippen molar-refractivity contribution in [3.8, 4) is 0 Å². The van der Waals surface area contributed by atoms with Crippen LogP contribution in [0.1, 0.15) is 29.6 Å². The van der Waals surface area contributed by atoms with Gasteiger partial charge in [-0.15, -0.1) is 0 Å². The van der Waals surface area contributed by atoms with E-state index >= 15 is 0 Å². The van der Waals surface area contributed by atoms with E-state index in [1.54, 1.807) is 0 Å². The lowest BCUT2D eigenvalue weighted by molar-refractivity contribution is 0.133. The standard InChI is InChI=1S/C22H22N4O/c1-14-20(16-9-5-6-10-18(16)24-14)22-25-19-13-27-12-17(19)21(26-22)23-11-15-7-3-2-4-8-15/h2-10,14,18,24H,11-13H2,1H3,(H,23,25,26). The maximum absolute atomic E-state index is 5.66. The lowest BCUT2D eigenvalue weighted by atomic mass is 9.98. The van der Waals surface area contributed by atoms with Crippen molar-refractivity contribution in [3.63, 3.8) is 0 Å². The Bertz CT molecular complexity index is 962. The Kier molecular flexibility index (Phi) is 4.11. The number of rotatable bonds is 4. The fourth-order valence-corrected chi connectivity index (χ4v) is 3.97. The van der Waals surface area contributed by atoms with Crippen LogP contribution >= 0.6 is 0 Å². The highest BCUT2D eigenvalue weighted by Crippen LogP contribution is 2.34. The molecule has 0 saturated carbocycles. The number of ether oxygens (including phenoxy) is 1. The molecule has 0 fully saturated rings. The average molecular weight is 358 g/mol. The summed E-state index contributed by atoms with van der Waals surface area (Å²) in [7, 11) is 0. The lowest BCUT2D eigenvalue weighted by Gasteiger charge is -2.14. The smallest absolute Gasteiger partial charge is 0.159 e. The molecule has 1 aromatic heterocycles. The Morgan fingerprint density at radius 1 is 1.15 bits per heavy atom. The molecule has 2 atom stereocenters. The van der Waals surface area contributed by atoms with Gasteiger partial charge in [-0.3, -0.25) is 5.32 Å². The molecule has 0 radical (unpaired) electrons. The van der Waals surface area contributed by atoms with Crippen LogP contribution in [-0.2, 0) is 24.5 Å². The normalized spacial score (nSPS) is 22.9. The van der Waals surface area contributed by atoms with Crippen LogP contribution in [0.15, 0.2) is 60.2 Å². The van der Waals surface area contributed by atoms with Gasteiger partial charge in [-0.25, -0.2) is 9.97 Å². The maximum Gasteiger partial charge on any atom is 0.159 e. The third-order valence-corrected chi connectivity index (χ3v) is 5.32. The Labute approximate surface area is 158 Å². The summed E-state index contributed by atoms with van der Waals surface area (Å²) in [5.41, 5.74) is 5.74. The highest BCUT2D eigenvalue weighted by atomic mass is 16.5. The van der Waals surface area contributed by atoms with Crippen LogP contribution in [0.3, 0.4) is 0 Å². The highest BCUT2D eigenvalue weighted by molar-refractivity contribution is 5.76. The van der Waals surface area contributed by atoms with Crippen LogP contribution < -0.4 is 10.6 Å². The van der Waals surface area contributed by atoms with E-state index in [1.165, 1.54) is 16.7 Å². The summed E-state index contributed by atoms with van der Waals surface area (Å²) < 4.78 is 5.66. The monoisotopic (exact) mass is 358 g/mol. The Balaban J connectivity index is 1.53. The van der Waals surface area contributed by atoms with Crippen LogP contribution in [0, 0.1) is 0 Å². The van der Waals surface area contributed by atoms with E-state index < -0.39 is 0 Å². The summed E-state index contributed by atoms with van der Waals surface area (Å²) in [5.74, 6) is 1.68. The van der Waals surface area contributed by atoms with Gasteiger partial charge in [0, 0.05) is 23.7 Å². The lowest BCUT2D eigenvalue weighted by Crippen LogP contribution is -2.29. The van der Waals surface area contributed by atoms with Crippen LogP contribution in [0.2, 0.25) is 0 Å². The molecule has 0 bridgehead atoms. The molecule has 3 aliphatic rings. The molecule has 2 aromatic rings. The van der Waals surface area contributed by atoms with Gasteiger partial charge in [0.25, 0.3) is 0 Å². The molecular formula is C22H22N4O. The van der Waals surface area contributed by atoms with Gasteiger partial charge in [0.15, 0.2) is 5.82 Å². The van der Waals surface area contributed by atoms with E-state index in [1.807, 2.05) is 6.07 Å². The number of fused-ring (bicyclic) bond motifs is 2. The zero-order chi connectivity index (χ0) is 18.2. The van der Waals surface area contributed by atoms with Crippen LogP contribution in [0.4, 0.5) is 5.82 Å². The summed E-state index contributed by atoms with van der Waals surface area (Å²) in [6.45, 7) is 4.02. The second-order valence-electron chi connectivity index (χ2n) is 7.13.